The van der Waals surface area contributed by atoms with E-state index in [1.165, 1.54) is 0 Å². The summed E-state index contributed by atoms with van der Waals surface area (Å²) in [7, 11) is 0. The maximum atomic E-state index is 13.5. The monoisotopic (exact) mass is 290 g/mol. The van der Waals surface area contributed by atoms with E-state index >= 15 is 0 Å². The largest absolute Gasteiger partial charge is 0.345 e. The summed E-state index contributed by atoms with van der Waals surface area (Å²) in [4.78, 5) is 12.0. The predicted molar refractivity (Wildman–Crippen MR) is 71.3 cm³/mol. The van der Waals surface area contributed by atoms with Crippen LogP contribution in [0.5, 0.6) is 0 Å². The van der Waals surface area contributed by atoms with E-state index in [4.69, 9.17) is 5.73 Å². The van der Waals surface area contributed by atoms with Crippen LogP contribution >= 0.6 is 12.4 Å². The van der Waals surface area contributed by atoms with Gasteiger partial charge in [0, 0.05) is 12.6 Å². The van der Waals surface area contributed by atoms with E-state index in [2.05, 4.69) is 5.32 Å². The summed E-state index contributed by atoms with van der Waals surface area (Å²) in [5, 5.41) is 2.79. The Bertz CT molecular complexity index is 462. The first-order valence-corrected chi connectivity index (χ1v) is 6.04. The molecule has 3 nitrogen and oxygen atoms in total. The number of benzene rings is 1. The van der Waals surface area contributed by atoms with Crippen molar-refractivity contribution >= 4 is 18.3 Å². The van der Waals surface area contributed by atoms with Crippen LogP contribution in [0.2, 0.25) is 0 Å². The number of nitrogens with two attached hydrogens (primary N) is 1. The third-order valence-corrected chi connectivity index (χ3v) is 3.51. The fourth-order valence-electron chi connectivity index (χ4n) is 2.41. The van der Waals surface area contributed by atoms with Crippen molar-refractivity contribution in [3.8, 4) is 0 Å². The fraction of sp³-hybridized carbons (Fsp3) is 0.462. The van der Waals surface area contributed by atoms with Gasteiger partial charge in [0.1, 0.15) is 11.6 Å². The molecule has 0 aromatic heterocycles. The van der Waals surface area contributed by atoms with Gasteiger partial charge in [0.2, 0.25) is 0 Å². The normalized spacial score (nSPS) is 16.8. The lowest BCUT2D eigenvalue weighted by Gasteiger charge is -2.28. The first-order chi connectivity index (χ1) is 8.56. The Morgan fingerprint density at radius 2 is 1.95 bits per heavy atom. The standard InChI is InChI=1S/C13H16F2N2O.ClH/c14-9-3-4-10(11(15)7-9)12(18)17-13(8-16)5-1-2-6-13;/h3-4,7H,1-2,5-6,8,16H2,(H,17,18);1H. The van der Waals surface area contributed by atoms with E-state index in [0.717, 1.165) is 37.8 Å². The molecule has 19 heavy (non-hydrogen) atoms. The van der Waals surface area contributed by atoms with Crippen LogP contribution in [-0.4, -0.2) is 18.0 Å². The van der Waals surface area contributed by atoms with Gasteiger partial charge in [0.25, 0.3) is 5.91 Å². The second kappa shape index (κ2) is 6.30. The summed E-state index contributed by atoms with van der Waals surface area (Å²) in [6.07, 6.45) is 3.61. The molecule has 0 spiro atoms. The topological polar surface area (TPSA) is 55.1 Å². The van der Waals surface area contributed by atoms with Crippen LogP contribution < -0.4 is 11.1 Å². The van der Waals surface area contributed by atoms with Crippen LogP contribution in [0.25, 0.3) is 0 Å². The molecular formula is C13H17ClF2N2O. The minimum absolute atomic E-state index is 0. The molecule has 0 aliphatic heterocycles. The molecule has 0 saturated heterocycles. The van der Waals surface area contributed by atoms with E-state index in [1.807, 2.05) is 0 Å². The zero-order valence-electron chi connectivity index (χ0n) is 10.4. The summed E-state index contributed by atoms with van der Waals surface area (Å²) in [6, 6.07) is 2.93. The molecule has 1 aromatic carbocycles. The predicted octanol–water partition coefficient (Wildman–Crippen LogP) is 2.39. The van der Waals surface area contributed by atoms with Gasteiger partial charge in [-0.3, -0.25) is 4.79 Å². The van der Waals surface area contributed by atoms with E-state index in [-0.39, 0.29) is 18.0 Å². The zero-order valence-corrected chi connectivity index (χ0v) is 11.2. The van der Waals surface area contributed by atoms with E-state index in [9.17, 15) is 13.6 Å². The third kappa shape index (κ3) is 3.42. The van der Waals surface area contributed by atoms with Crippen LogP contribution in [0.15, 0.2) is 18.2 Å². The van der Waals surface area contributed by atoms with Gasteiger partial charge in [-0.15, -0.1) is 12.4 Å². The molecule has 1 aliphatic rings. The summed E-state index contributed by atoms with van der Waals surface area (Å²) < 4.78 is 26.2. The SMILES string of the molecule is Cl.NCC1(NC(=O)c2ccc(F)cc2F)CCCC1. The Morgan fingerprint density at radius 3 is 2.47 bits per heavy atom. The Morgan fingerprint density at radius 1 is 1.32 bits per heavy atom. The van der Waals surface area contributed by atoms with Gasteiger partial charge in [-0.05, 0) is 25.0 Å². The Kier molecular flexibility index (Phi) is 5.26. The van der Waals surface area contributed by atoms with Gasteiger partial charge in [0.05, 0.1) is 11.1 Å². The second-order valence-corrected chi connectivity index (χ2v) is 4.77. The highest BCUT2D eigenvalue weighted by atomic mass is 35.5. The van der Waals surface area contributed by atoms with Crippen LogP contribution in [0.3, 0.4) is 0 Å². The summed E-state index contributed by atoms with van der Waals surface area (Å²) in [6.45, 7) is 0.335. The number of halogens is 3. The van der Waals surface area contributed by atoms with E-state index < -0.39 is 23.1 Å². The van der Waals surface area contributed by atoms with Crippen molar-refractivity contribution < 1.29 is 13.6 Å². The fourth-order valence-corrected chi connectivity index (χ4v) is 2.41. The lowest BCUT2D eigenvalue weighted by atomic mass is 9.97. The minimum atomic E-state index is -0.849. The second-order valence-electron chi connectivity index (χ2n) is 4.77. The highest BCUT2D eigenvalue weighted by Gasteiger charge is 2.34. The third-order valence-electron chi connectivity index (χ3n) is 3.51. The molecule has 6 heteroatoms. The molecule has 1 fully saturated rings. The minimum Gasteiger partial charge on any atom is -0.345 e. The molecular weight excluding hydrogens is 274 g/mol. The van der Waals surface area contributed by atoms with Crippen LogP contribution in [0.1, 0.15) is 36.0 Å². The molecule has 0 atom stereocenters. The lowest BCUT2D eigenvalue weighted by Crippen LogP contribution is -2.51. The van der Waals surface area contributed by atoms with Crippen molar-refractivity contribution in [2.45, 2.75) is 31.2 Å². The van der Waals surface area contributed by atoms with Crippen LogP contribution in [-0.2, 0) is 0 Å². The van der Waals surface area contributed by atoms with Gasteiger partial charge >= 0.3 is 0 Å². The molecule has 1 saturated carbocycles. The smallest absolute Gasteiger partial charge is 0.254 e. The molecule has 1 aliphatic carbocycles. The molecule has 2 rings (SSSR count). The summed E-state index contributed by atoms with van der Waals surface area (Å²) >= 11 is 0. The first-order valence-electron chi connectivity index (χ1n) is 6.04. The number of rotatable bonds is 3. The maximum Gasteiger partial charge on any atom is 0.254 e. The van der Waals surface area contributed by atoms with E-state index in [0.29, 0.717) is 12.6 Å². The molecule has 0 unspecified atom stereocenters. The molecule has 1 aromatic rings. The Hall–Kier alpha value is -1.20. The lowest BCUT2D eigenvalue weighted by molar-refractivity contribution is 0.0899. The van der Waals surface area contributed by atoms with Gasteiger partial charge in [0.15, 0.2) is 0 Å². The van der Waals surface area contributed by atoms with Crippen molar-refractivity contribution in [3.63, 3.8) is 0 Å². The number of carbonyl (C=O) groups excluding carboxylic acids is 1. The van der Waals surface area contributed by atoms with Gasteiger partial charge in [-0.25, -0.2) is 8.78 Å². The van der Waals surface area contributed by atoms with Gasteiger partial charge in [-0.2, -0.15) is 0 Å². The maximum absolute atomic E-state index is 13.5. The average Bonchev–Trinajstić information content (AvgIpc) is 2.78. The number of nitrogens with one attached hydrogen (secondary N) is 1. The molecule has 0 heterocycles. The number of carbonyl (C=O) groups is 1. The Balaban J connectivity index is 0.00000180. The average molecular weight is 291 g/mol. The van der Waals surface area contributed by atoms with Crippen molar-refractivity contribution in [1.82, 2.24) is 5.32 Å². The molecule has 1 amide bonds. The molecule has 106 valence electrons. The van der Waals surface area contributed by atoms with Gasteiger partial charge in [-0.1, -0.05) is 12.8 Å². The van der Waals surface area contributed by atoms with Crippen molar-refractivity contribution in [3.05, 3.63) is 35.4 Å². The molecule has 3 N–H and O–H groups in total. The van der Waals surface area contributed by atoms with Crippen molar-refractivity contribution in [1.29, 1.82) is 0 Å². The number of hydrogen-bond donors (Lipinski definition) is 2. The van der Waals surface area contributed by atoms with Crippen molar-refractivity contribution in [2.75, 3.05) is 6.54 Å². The van der Waals surface area contributed by atoms with Crippen molar-refractivity contribution in [2.24, 2.45) is 5.73 Å². The van der Waals surface area contributed by atoms with E-state index in [1.54, 1.807) is 0 Å². The first kappa shape index (κ1) is 15.9. The molecule has 0 bridgehead atoms. The highest BCUT2D eigenvalue weighted by molar-refractivity contribution is 5.95. The zero-order chi connectivity index (χ0) is 13.2. The van der Waals surface area contributed by atoms with Crippen LogP contribution in [0, 0.1) is 11.6 Å². The quantitative estimate of drug-likeness (QED) is 0.898. The summed E-state index contributed by atoms with van der Waals surface area (Å²) in [5.41, 5.74) is 5.11. The summed E-state index contributed by atoms with van der Waals surface area (Å²) in [5.74, 6) is -2.07. The number of amides is 1. The number of hydrogen-bond acceptors (Lipinski definition) is 2. The van der Waals surface area contributed by atoms with Crippen LogP contribution in [0.4, 0.5) is 8.78 Å². The van der Waals surface area contributed by atoms with Gasteiger partial charge < -0.3 is 11.1 Å². The Labute approximate surface area is 117 Å². The molecule has 0 radical (unpaired) electrons. The highest BCUT2D eigenvalue weighted by Crippen LogP contribution is 2.29.